The van der Waals surface area contributed by atoms with Crippen molar-refractivity contribution in [1.82, 2.24) is 10.6 Å². The van der Waals surface area contributed by atoms with Crippen molar-refractivity contribution < 1.29 is 4.79 Å². The second kappa shape index (κ2) is 7.01. The first kappa shape index (κ1) is 14.5. The lowest BCUT2D eigenvalue weighted by Gasteiger charge is -2.22. The fourth-order valence-corrected chi connectivity index (χ4v) is 1.84. The van der Waals surface area contributed by atoms with E-state index in [4.69, 9.17) is 0 Å². The highest BCUT2D eigenvalue weighted by Gasteiger charge is 2.05. The Morgan fingerprint density at radius 3 is 2.72 bits per heavy atom. The minimum atomic E-state index is 0.0341. The van der Waals surface area contributed by atoms with Gasteiger partial charge in [0.25, 0.3) is 0 Å². The third-order valence-electron chi connectivity index (χ3n) is 2.88. The van der Waals surface area contributed by atoms with E-state index in [0.717, 1.165) is 6.54 Å². The van der Waals surface area contributed by atoms with Crippen LogP contribution in [0.15, 0.2) is 18.2 Å². The zero-order valence-corrected chi connectivity index (χ0v) is 11.7. The molecule has 1 rings (SSSR count). The van der Waals surface area contributed by atoms with Crippen molar-refractivity contribution in [2.24, 2.45) is 0 Å². The Balaban J connectivity index is 2.47. The van der Waals surface area contributed by atoms with E-state index in [1.54, 1.807) is 7.05 Å². The van der Waals surface area contributed by atoms with Crippen molar-refractivity contribution in [3.63, 3.8) is 0 Å². The number of aryl methyl sites for hydroxylation is 2. The van der Waals surface area contributed by atoms with Crippen LogP contribution >= 0.6 is 0 Å². The van der Waals surface area contributed by atoms with Gasteiger partial charge in [-0.2, -0.15) is 0 Å². The molecule has 0 heterocycles. The molecule has 18 heavy (non-hydrogen) atoms. The van der Waals surface area contributed by atoms with E-state index in [2.05, 4.69) is 47.6 Å². The average Bonchev–Trinajstić information content (AvgIpc) is 2.32. The monoisotopic (exact) mass is 249 g/mol. The van der Waals surface area contributed by atoms with Crippen LogP contribution in [-0.2, 0) is 4.79 Å². The fourth-order valence-electron chi connectivity index (χ4n) is 1.84. The minimum Gasteiger partial charge on any atom is -0.373 e. The number of rotatable bonds is 6. The van der Waals surface area contributed by atoms with Crippen LogP contribution in [0.1, 0.15) is 11.1 Å². The third-order valence-corrected chi connectivity index (χ3v) is 2.88. The Hall–Kier alpha value is -1.55. The van der Waals surface area contributed by atoms with Crippen molar-refractivity contribution in [3.8, 4) is 0 Å². The molecular weight excluding hydrogens is 226 g/mol. The van der Waals surface area contributed by atoms with Gasteiger partial charge in [-0.05, 0) is 38.1 Å². The number of carbonyl (C=O) groups excluding carboxylic acids is 1. The van der Waals surface area contributed by atoms with E-state index in [-0.39, 0.29) is 5.91 Å². The number of carbonyl (C=O) groups is 1. The van der Waals surface area contributed by atoms with Crippen molar-refractivity contribution >= 4 is 11.6 Å². The Kier molecular flexibility index (Phi) is 5.65. The van der Waals surface area contributed by atoms with E-state index in [1.807, 2.05) is 7.05 Å². The van der Waals surface area contributed by atoms with Gasteiger partial charge in [-0.25, -0.2) is 0 Å². The summed E-state index contributed by atoms with van der Waals surface area (Å²) < 4.78 is 0. The summed E-state index contributed by atoms with van der Waals surface area (Å²) in [5.74, 6) is 0.0341. The normalized spacial score (nSPS) is 10.2. The van der Waals surface area contributed by atoms with Gasteiger partial charge in [-0.3, -0.25) is 4.79 Å². The molecular formula is C14H23N3O. The first-order valence-corrected chi connectivity index (χ1v) is 6.24. The lowest BCUT2D eigenvalue weighted by atomic mass is 10.1. The van der Waals surface area contributed by atoms with Gasteiger partial charge in [0.05, 0.1) is 6.54 Å². The number of hydrogen-bond donors (Lipinski definition) is 2. The molecule has 0 saturated heterocycles. The van der Waals surface area contributed by atoms with Gasteiger partial charge >= 0.3 is 0 Å². The van der Waals surface area contributed by atoms with Crippen molar-refractivity contribution in [2.45, 2.75) is 13.8 Å². The van der Waals surface area contributed by atoms with Gasteiger partial charge in [0, 0.05) is 25.8 Å². The highest BCUT2D eigenvalue weighted by molar-refractivity contribution is 5.77. The van der Waals surface area contributed by atoms with Crippen molar-refractivity contribution in [1.29, 1.82) is 0 Å². The van der Waals surface area contributed by atoms with Gasteiger partial charge in [0.15, 0.2) is 0 Å². The molecule has 4 heteroatoms. The fraction of sp³-hybridized carbons (Fsp3) is 0.500. The Morgan fingerprint density at radius 1 is 1.33 bits per heavy atom. The maximum absolute atomic E-state index is 11.3. The smallest absolute Gasteiger partial charge is 0.234 e. The van der Waals surface area contributed by atoms with Crippen LogP contribution in [0.25, 0.3) is 0 Å². The second-order valence-corrected chi connectivity index (χ2v) is 4.59. The summed E-state index contributed by atoms with van der Waals surface area (Å²) in [6.45, 7) is 6.02. The molecule has 1 aromatic carbocycles. The molecule has 0 unspecified atom stereocenters. The topological polar surface area (TPSA) is 44.4 Å². The lowest BCUT2D eigenvalue weighted by molar-refractivity contribution is -0.120. The van der Waals surface area contributed by atoms with Crippen LogP contribution in [0.3, 0.4) is 0 Å². The maximum Gasteiger partial charge on any atom is 0.234 e. The maximum atomic E-state index is 11.3. The summed E-state index contributed by atoms with van der Waals surface area (Å²) in [5, 5.41) is 5.70. The summed E-state index contributed by atoms with van der Waals surface area (Å²) in [6.07, 6.45) is 0. The van der Waals surface area contributed by atoms with Crippen LogP contribution in [0.2, 0.25) is 0 Å². The molecule has 0 aliphatic heterocycles. The molecule has 100 valence electrons. The molecule has 1 amide bonds. The molecule has 0 atom stereocenters. The van der Waals surface area contributed by atoms with E-state index in [0.29, 0.717) is 13.1 Å². The third kappa shape index (κ3) is 4.37. The molecule has 0 aliphatic rings. The van der Waals surface area contributed by atoms with Crippen molar-refractivity contribution in [3.05, 3.63) is 29.3 Å². The van der Waals surface area contributed by atoms with Crippen molar-refractivity contribution in [2.75, 3.05) is 38.6 Å². The Labute approximate surface area is 109 Å². The zero-order chi connectivity index (χ0) is 13.5. The highest BCUT2D eigenvalue weighted by Crippen LogP contribution is 2.19. The van der Waals surface area contributed by atoms with E-state index >= 15 is 0 Å². The molecule has 0 saturated carbocycles. The number of hydrogen-bond acceptors (Lipinski definition) is 3. The molecule has 0 aliphatic carbocycles. The summed E-state index contributed by atoms with van der Waals surface area (Å²) in [5.41, 5.74) is 3.73. The number of nitrogens with one attached hydrogen (secondary N) is 2. The Bertz CT molecular complexity index is 404. The molecule has 0 radical (unpaired) electrons. The van der Waals surface area contributed by atoms with Crippen LogP contribution in [-0.4, -0.2) is 39.6 Å². The zero-order valence-electron chi connectivity index (χ0n) is 11.7. The number of amides is 1. The second-order valence-electron chi connectivity index (χ2n) is 4.59. The molecule has 4 nitrogen and oxygen atoms in total. The van der Waals surface area contributed by atoms with Gasteiger partial charge in [-0.1, -0.05) is 12.1 Å². The predicted octanol–water partition coefficient (Wildman–Crippen LogP) is 1.08. The van der Waals surface area contributed by atoms with Crippen LogP contribution in [0.5, 0.6) is 0 Å². The van der Waals surface area contributed by atoms with Gasteiger partial charge in [0.1, 0.15) is 0 Å². The quantitative estimate of drug-likeness (QED) is 0.793. The molecule has 2 N–H and O–H groups in total. The summed E-state index contributed by atoms with van der Waals surface area (Å²) >= 11 is 0. The van der Waals surface area contributed by atoms with E-state index in [1.165, 1.54) is 16.8 Å². The van der Waals surface area contributed by atoms with Crippen LogP contribution in [0, 0.1) is 13.8 Å². The van der Waals surface area contributed by atoms with Gasteiger partial charge in [-0.15, -0.1) is 0 Å². The van der Waals surface area contributed by atoms with E-state index < -0.39 is 0 Å². The standard InChI is InChI=1S/C14H23N3O/c1-11-5-6-12(2)13(9-11)17(4)8-7-16-14(18)10-15-3/h5-6,9,15H,7-8,10H2,1-4H3,(H,16,18). The number of likely N-dealkylation sites (N-methyl/N-ethyl adjacent to an activating group) is 2. The first-order chi connectivity index (χ1) is 8.54. The van der Waals surface area contributed by atoms with Gasteiger partial charge in [0.2, 0.25) is 5.91 Å². The number of nitrogens with zero attached hydrogens (tertiary/aromatic N) is 1. The molecule has 0 fully saturated rings. The number of anilines is 1. The molecule has 0 aromatic heterocycles. The summed E-state index contributed by atoms with van der Waals surface area (Å²) in [7, 11) is 3.81. The largest absolute Gasteiger partial charge is 0.373 e. The SMILES string of the molecule is CNCC(=O)NCCN(C)c1cc(C)ccc1C. The van der Waals surface area contributed by atoms with Crippen LogP contribution < -0.4 is 15.5 Å². The molecule has 0 bridgehead atoms. The lowest BCUT2D eigenvalue weighted by Crippen LogP contribution is -2.37. The average molecular weight is 249 g/mol. The summed E-state index contributed by atoms with van der Waals surface area (Å²) in [6, 6.07) is 6.41. The van der Waals surface area contributed by atoms with E-state index in [9.17, 15) is 4.79 Å². The molecule has 1 aromatic rings. The Morgan fingerprint density at radius 2 is 2.06 bits per heavy atom. The van der Waals surface area contributed by atoms with Gasteiger partial charge < -0.3 is 15.5 Å². The minimum absolute atomic E-state index is 0.0341. The molecule has 0 spiro atoms. The highest BCUT2D eigenvalue weighted by atomic mass is 16.1. The summed E-state index contributed by atoms with van der Waals surface area (Å²) in [4.78, 5) is 13.5. The predicted molar refractivity (Wildman–Crippen MR) is 76.1 cm³/mol. The first-order valence-electron chi connectivity index (χ1n) is 6.24. The van der Waals surface area contributed by atoms with Crippen LogP contribution in [0.4, 0.5) is 5.69 Å². The number of benzene rings is 1.